The van der Waals surface area contributed by atoms with Crippen LogP contribution in [0.2, 0.25) is 0 Å². The molecule has 1 saturated heterocycles. The van der Waals surface area contributed by atoms with E-state index in [1.807, 2.05) is 6.08 Å². The number of hydrogen-bond acceptors (Lipinski definition) is 2. The minimum absolute atomic E-state index is 0. The Kier molecular flexibility index (Phi) is 10.4. The minimum Gasteiger partial charge on any atom is -0.381 e. The Morgan fingerprint density at radius 3 is 2.93 bits per heavy atom. The summed E-state index contributed by atoms with van der Waals surface area (Å²) in [6.07, 6.45) is 8.08. The number of halogens is 1. The molecule has 0 aromatic carbocycles. The molecular formula is C12H24ClNO. The minimum atomic E-state index is 0. The van der Waals surface area contributed by atoms with Gasteiger partial charge in [0.05, 0.1) is 0 Å². The summed E-state index contributed by atoms with van der Waals surface area (Å²) in [4.78, 5) is 0. The van der Waals surface area contributed by atoms with Crippen LogP contribution in [0.5, 0.6) is 0 Å². The fourth-order valence-corrected chi connectivity index (χ4v) is 1.85. The van der Waals surface area contributed by atoms with Crippen LogP contribution in [0.15, 0.2) is 12.7 Å². The van der Waals surface area contributed by atoms with Crippen molar-refractivity contribution in [2.24, 2.45) is 5.92 Å². The van der Waals surface area contributed by atoms with Crippen LogP contribution >= 0.6 is 12.4 Å². The largest absolute Gasteiger partial charge is 0.381 e. The molecule has 1 N–H and O–H groups in total. The average molecular weight is 234 g/mol. The van der Waals surface area contributed by atoms with Gasteiger partial charge >= 0.3 is 0 Å². The molecule has 3 heteroatoms. The number of rotatable bonds is 7. The number of allylic oxidation sites excluding steroid dienone is 1. The van der Waals surface area contributed by atoms with Gasteiger partial charge in [0.1, 0.15) is 0 Å². The van der Waals surface area contributed by atoms with Gasteiger partial charge in [0.2, 0.25) is 0 Å². The Hall–Kier alpha value is -0.0500. The monoisotopic (exact) mass is 233 g/mol. The molecule has 0 radical (unpaired) electrons. The first-order chi connectivity index (χ1) is 6.93. The van der Waals surface area contributed by atoms with Crippen molar-refractivity contribution >= 4 is 12.4 Å². The highest BCUT2D eigenvalue weighted by atomic mass is 35.5. The van der Waals surface area contributed by atoms with Crippen molar-refractivity contribution < 1.29 is 4.74 Å². The predicted molar refractivity (Wildman–Crippen MR) is 67.7 cm³/mol. The number of unbranched alkanes of at least 4 members (excludes halogenated alkanes) is 1. The van der Waals surface area contributed by atoms with Gasteiger partial charge in [-0.2, -0.15) is 0 Å². The first-order valence-corrected chi connectivity index (χ1v) is 5.83. The van der Waals surface area contributed by atoms with Gasteiger partial charge in [-0.3, -0.25) is 0 Å². The number of piperidine rings is 1. The molecule has 0 aromatic rings. The van der Waals surface area contributed by atoms with E-state index in [1.165, 1.54) is 32.4 Å². The van der Waals surface area contributed by atoms with Gasteiger partial charge in [0.25, 0.3) is 0 Å². The molecule has 0 aliphatic carbocycles. The summed E-state index contributed by atoms with van der Waals surface area (Å²) in [6, 6.07) is 0. The topological polar surface area (TPSA) is 21.3 Å². The second-order valence-corrected chi connectivity index (χ2v) is 4.04. The first-order valence-electron chi connectivity index (χ1n) is 5.83. The van der Waals surface area contributed by atoms with Crippen molar-refractivity contribution in [2.45, 2.75) is 32.1 Å². The molecule has 0 aromatic heterocycles. The summed E-state index contributed by atoms with van der Waals surface area (Å²) in [5.74, 6) is 0.850. The SMILES string of the molecule is C=CCCCOCCC1CCCNC1.Cl. The summed E-state index contributed by atoms with van der Waals surface area (Å²) in [7, 11) is 0. The standard InChI is InChI=1S/C12H23NO.ClH/c1-2-3-4-9-14-10-7-12-6-5-8-13-11-12;/h2,12-13H,1,3-11H2;1H. The van der Waals surface area contributed by atoms with E-state index in [2.05, 4.69) is 11.9 Å². The van der Waals surface area contributed by atoms with Crippen molar-refractivity contribution in [3.8, 4) is 0 Å². The van der Waals surface area contributed by atoms with Gasteiger partial charge in [0.15, 0.2) is 0 Å². The Morgan fingerprint density at radius 2 is 2.27 bits per heavy atom. The molecule has 15 heavy (non-hydrogen) atoms. The third-order valence-electron chi connectivity index (χ3n) is 2.77. The van der Waals surface area contributed by atoms with E-state index in [4.69, 9.17) is 4.74 Å². The summed E-state index contributed by atoms with van der Waals surface area (Å²) in [6.45, 7) is 7.91. The van der Waals surface area contributed by atoms with Crippen molar-refractivity contribution in [1.82, 2.24) is 5.32 Å². The molecule has 2 nitrogen and oxygen atoms in total. The van der Waals surface area contributed by atoms with Crippen LogP contribution in [0, 0.1) is 5.92 Å². The molecule has 1 rings (SSSR count). The molecule has 1 unspecified atom stereocenters. The van der Waals surface area contributed by atoms with Crippen molar-refractivity contribution in [2.75, 3.05) is 26.3 Å². The molecule has 90 valence electrons. The van der Waals surface area contributed by atoms with E-state index in [0.29, 0.717) is 0 Å². The third-order valence-corrected chi connectivity index (χ3v) is 2.77. The Bertz CT molecular complexity index is 147. The summed E-state index contributed by atoms with van der Waals surface area (Å²) in [5.41, 5.74) is 0. The fourth-order valence-electron chi connectivity index (χ4n) is 1.85. The van der Waals surface area contributed by atoms with Crippen molar-refractivity contribution in [3.05, 3.63) is 12.7 Å². The van der Waals surface area contributed by atoms with Gasteiger partial charge in [-0.15, -0.1) is 19.0 Å². The molecule has 0 amide bonds. The van der Waals surface area contributed by atoms with Gasteiger partial charge in [-0.05, 0) is 51.1 Å². The fraction of sp³-hybridized carbons (Fsp3) is 0.833. The maximum Gasteiger partial charge on any atom is 0.0469 e. The zero-order chi connectivity index (χ0) is 10.1. The van der Waals surface area contributed by atoms with Gasteiger partial charge < -0.3 is 10.1 Å². The Labute approximate surface area is 99.9 Å². The molecular weight excluding hydrogens is 210 g/mol. The van der Waals surface area contributed by atoms with E-state index in [0.717, 1.165) is 32.0 Å². The third kappa shape index (κ3) is 7.83. The summed E-state index contributed by atoms with van der Waals surface area (Å²) in [5, 5.41) is 3.43. The molecule has 0 spiro atoms. The molecule has 1 aliphatic heterocycles. The second-order valence-electron chi connectivity index (χ2n) is 4.04. The lowest BCUT2D eigenvalue weighted by molar-refractivity contribution is 0.114. The van der Waals surface area contributed by atoms with Gasteiger partial charge in [0, 0.05) is 13.2 Å². The molecule has 0 saturated carbocycles. The smallest absolute Gasteiger partial charge is 0.0469 e. The molecule has 1 heterocycles. The number of ether oxygens (including phenoxy) is 1. The lowest BCUT2D eigenvalue weighted by Crippen LogP contribution is -2.30. The van der Waals surface area contributed by atoms with Crippen LogP contribution in [0.25, 0.3) is 0 Å². The molecule has 1 fully saturated rings. The average Bonchev–Trinajstić information content (AvgIpc) is 2.25. The summed E-state index contributed by atoms with van der Waals surface area (Å²) >= 11 is 0. The Morgan fingerprint density at radius 1 is 1.40 bits per heavy atom. The predicted octanol–water partition coefficient (Wildman–Crippen LogP) is 2.78. The first kappa shape index (κ1) is 14.9. The second kappa shape index (κ2) is 10.5. The van der Waals surface area contributed by atoms with Crippen LogP contribution < -0.4 is 5.32 Å². The van der Waals surface area contributed by atoms with Crippen LogP contribution in [-0.4, -0.2) is 26.3 Å². The van der Waals surface area contributed by atoms with E-state index in [-0.39, 0.29) is 12.4 Å². The van der Waals surface area contributed by atoms with E-state index in [9.17, 15) is 0 Å². The highest BCUT2D eigenvalue weighted by Gasteiger charge is 2.11. The van der Waals surface area contributed by atoms with Crippen LogP contribution in [0.3, 0.4) is 0 Å². The van der Waals surface area contributed by atoms with Crippen LogP contribution in [0.1, 0.15) is 32.1 Å². The molecule has 1 atom stereocenters. The highest BCUT2D eigenvalue weighted by Crippen LogP contribution is 2.13. The van der Waals surface area contributed by atoms with Gasteiger partial charge in [-0.1, -0.05) is 6.08 Å². The maximum absolute atomic E-state index is 5.56. The molecule has 0 bridgehead atoms. The van der Waals surface area contributed by atoms with Crippen molar-refractivity contribution in [1.29, 1.82) is 0 Å². The lowest BCUT2D eigenvalue weighted by Gasteiger charge is -2.22. The number of hydrogen-bond donors (Lipinski definition) is 1. The number of nitrogens with one attached hydrogen (secondary N) is 1. The maximum atomic E-state index is 5.56. The van der Waals surface area contributed by atoms with E-state index < -0.39 is 0 Å². The zero-order valence-corrected chi connectivity index (χ0v) is 10.4. The quantitative estimate of drug-likeness (QED) is 0.540. The van der Waals surface area contributed by atoms with Crippen LogP contribution in [0.4, 0.5) is 0 Å². The van der Waals surface area contributed by atoms with E-state index in [1.54, 1.807) is 0 Å². The molecule has 1 aliphatic rings. The van der Waals surface area contributed by atoms with Gasteiger partial charge in [-0.25, -0.2) is 0 Å². The summed E-state index contributed by atoms with van der Waals surface area (Å²) < 4.78 is 5.56. The van der Waals surface area contributed by atoms with E-state index >= 15 is 0 Å². The van der Waals surface area contributed by atoms with Crippen molar-refractivity contribution in [3.63, 3.8) is 0 Å². The zero-order valence-electron chi connectivity index (χ0n) is 9.54. The van der Waals surface area contributed by atoms with Crippen LogP contribution in [-0.2, 0) is 4.74 Å². The Balaban J connectivity index is 0.00000196. The lowest BCUT2D eigenvalue weighted by atomic mass is 9.97. The highest BCUT2D eigenvalue weighted by molar-refractivity contribution is 5.85. The normalized spacial score (nSPS) is 20.7.